The molecule has 0 radical (unpaired) electrons. The van der Waals surface area contributed by atoms with E-state index in [0.29, 0.717) is 0 Å². The number of hydrogen-bond acceptors (Lipinski definition) is 0. The molecule has 0 N–H and O–H groups in total. The molecule has 0 saturated heterocycles. The van der Waals surface area contributed by atoms with Crippen LogP contribution >= 0.6 is 0 Å². The van der Waals surface area contributed by atoms with Crippen molar-refractivity contribution in [1.29, 1.82) is 0 Å². The number of hydrogen-bond donors (Lipinski definition) is 0. The zero-order chi connectivity index (χ0) is 19.7. The van der Waals surface area contributed by atoms with E-state index < -0.39 is 0 Å². The number of benzene rings is 1. The molecule has 1 aromatic rings. The Bertz CT molecular complexity index is 393. The van der Waals surface area contributed by atoms with Gasteiger partial charge in [-0.2, -0.15) is 0 Å². The van der Waals surface area contributed by atoms with Gasteiger partial charge < -0.3 is 0 Å². The van der Waals surface area contributed by atoms with Crippen molar-refractivity contribution in [3.05, 3.63) is 47.5 Å². The minimum Gasteiger partial charge on any atom is -0.0996 e. The highest BCUT2D eigenvalue weighted by Gasteiger charge is 2.08. The molecule has 0 heterocycles. The highest BCUT2D eigenvalue weighted by Crippen LogP contribution is 2.23. The first-order chi connectivity index (χ1) is 12.0. The van der Waals surface area contributed by atoms with Crippen molar-refractivity contribution in [2.75, 3.05) is 0 Å². The highest BCUT2D eigenvalue weighted by molar-refractivity contribution is 5.23. The van der Waals surface area contributed by atoms with Crippen LogP contribution in [-0.4, -0.2) is 0 Å². The molecule has 1 atom stereocenters. The van der Waals surface area contributed by atoms with Crippen molar-refractivity contribution in [3.8, 4) is 0 Å². The molecule has 0 amide bonds. The second kappa shape index (κ2) is 17.8. The molecule has 0 nitrogen and oxygen atoms in total. The predicted molar refractivity (Wildman–Crippen MR) is 119 cm³/mol. The van der Waals surface area contributed by atoms with E-state index in [1.54, 1.807) is 0 Å². The van der Waals surface area contributed by atoms with E-state index in [9.17, 15) is 0 Å². The SMILES string of the molecule is C=C(CC)C(CCC)CCC.CC.CCCC(C)c1ccc(C)cc1. The van der Waals surface area contributed by atoms with Gasteiger partial charge in [0.2, 0.25) is 0 Å². The van der Waals surface area contributed by atoms with Crippen LogP contribution in [0.4, 0.5) is 0 Å². The molecular weight excluding hydrogens is 300 g/mol. The number of aryl methyl sites for hydroxylation is 1. The fraction of sp³-hybridized carbons (Fsp3) is 0.680. The Hall–Kier alpha value is -1.04. The molecule has 0 aromatic heterocycles. The molecule has 0 spiro atoms. The first kappa shape index (κ1) is 26.2. The van der Waals surface area contributed by atoms with Crippen LogP contribution in [0, 0.1) is 12.8 Å². The van der Waals surface area contributed by atoms with Crippen LogP contribution < -0.4 is 0 Å². The molecule has 1 aromatic carbocycles. The molecule has 0 aliphatic heterocycles. The molecule has 0 aliphatic rings. The number of allylic oxidation sites excluding steroid dienone is 1. The third-order valence-corrected chi connectivity index (χ3v) is 4.67. The fourth-order valence-electron chi connectivity index (χ4n) is 3.03. The summed E-state index contributed by atoms with van der Waals surface area (Å²) in [7, 11) is 0. The van der Waals surface area contributed by atoms with Gasteiger partial charge in [-0.25, -0.2) is 0 Å². The summed E-state index contributed by atoms with van der Waals surface area (Å²) in [6.45, 7) is 21.5. The molecule has 146 valence electrons. The first-order valence-corrected chi connectivity index (χ1v) is 10.7. The molecule has 0 aliphatic carbocycles. The topological polar surface area (TPSA) is 0 Å². The van der Waals surface area contributed by atoms with E-state index >= 15 is 0 Å². The van der Waals surface area contributed by atoms with E-state index in [-0.39, 0.29) is 0 Å². The van der Waals surface area contributed by atoms with Crippen LogP contribution in [0.1, 0.15) is 110 Å². The first-order valence-electron chi connectivity index (χ1n) is 10.7. The molecular formula is C25H46. The third kappa shape index (κ3) is 12.9. The Morgan fingerprint density at radius 3 is 1.64 bits per heavy atom. The highest BCUT2D eigenvalue weighted by atomic mass is 14.1. The monoisotopic (exact) mass is 346 g/mol. The molecule has 1 unspecified atom stereocenters. The summed E-state index contributed by atoms with van der Waals surface area (Å²) in [5.41, 5.74) is 4.28. The van der Waals surface area contributed by atoms with E-state index in [2.05, 4.69) is 72.4 Å². The lowest BCUT2D eigenvalue weighted by atomic mass is 9.90. The van der Waals surface area contributed by atoms with Crippen LogP contribution in [-0.2, 0) is 0 Å². The summed E-state index contributed by atoms with van der Waals surface area (Å²) in [5, 5.41) is 0. The van der Waals surface area contributed by atoms with Gasteiger partial charge >= 0.3 is 0 Å². The molecule has 0 heteroatoms. The van der Waals surface area contributed by atoms with E-state index in [4.69, 9.17) is 0 Å². The van der Waals surface area contributed by atoms with Crippen LogP contribution in [0.5, 0.6) is 0 Å². The van der Waals surface area contributed by atoms with Crippen molar-refractivity contribution >= 4 is 0 Å². The smallest absolute Gasteiger partial charge is 0.0190 e. The largest absolute Gasteiger partial charge is 0.0996 e. The van der Waals surface area contributed by atoms with Crippen molar-refractivity contribution in [1.82, 2.24) is 0 Å². The van der Waals surface area contributed by atoms with Crippen molar-refractivity contribution in [3.63, 3.8) is 0 Å². The minimum atomic E-state index is 0.718. The zero-order valence-corrected chi connectivity index (χ0v) is 18.6. The summed E-state index contributed by atoms with van der Waals surface area (Å²) < 4.78 is 0. The van der Waals surface area contributed by atoms with Gasteiger partial charge in [0.25, 0.3) is 0 Å². The molecule has 0 saturated carbocycles. The summed E-state index contributed by atoms with van der Waals surface area (Å²) >= 11 is 0. The lowest BCUT2D eigenvalue weighted by molar-refractivity contribution is 0.495. The zero-order valence-electron chi connectivity index (χ0n) is 18.6. The Balaban J connectivity index is 0. The summed E-state index contributed by atoms with van der Waals surface area (Å²) in [6, 6.07) is 8.88. The summed E-state index contributed by atoms with van der Waals surface area (Å²) in [5.74, 6) is 1.52. The van der Waals surface area contributed by atoms with E-state index in [1.165, 1.54) is 55.2 Å². The molecule has 0 fully saturated rings. The Labute approximate surface area is 160 Å². The second-order valence-electron chi connectivity index (χ2n) is 6.89. The van der Waals surface area contributed by atoms with E-state index in [1.807, 2.05) is 13.8 Å². The van der Waals surface area contributed by atoms with E-state index in [0.717, 1.165) is 18.3 Å². The van der Waals surface area contributed by atoms with Crippen LogP contribution in [0.25, 0.3) is 0 Å². The average molecular weight is 347 g/mol. The van der Waals surface area contributed by atoms with Crippen molar-refractivity contribution < 1.29 is 0 Å². The lowest BCUT2D eigenvalue weighted by Crippen LogP contribution is -2.01. The maximum atomic E-state index is 4.11. The third-order valence-electron chi connectivity index (χ3n) is 4.67. The predicted octanol–water partition coefficient (Wildman–Crippen LogP) is 9.09. The second-order valence-corrected chi connectivity index (χ2v) is 6.89. The van der Waals surface area contributed by atoms with Crippen LogP contribution in [0.15, 0.2) is 36.4 Å². The normalized spacial score (nSPS) is 11.1. The quantitative estimate of drug-likeness (QED) is 0.391. The van der Waals surface area contributed by atoms with Gasteiger partial charge in [0.1, 0.15) is 0 Å². The Kier molecular flexibility index (Phi) is 18.6. The van der Waals surface area contributed by atoms with Crippen molar-refractivity contribution in [2.24, 2.45) is 5.92 Å². The molecule has 25 heavy (non-hydrogen) atoms. The Morgan fingerprint density at radius 2 is 1.28 bits per heavy atom. The molecule has 0 bridgehead atoms. The maximum absolute atomic E-state index is 4.11. The van der Waals surface area contributed by atoms with Crippen LogP contribution in [0.2, 0.25) is 0 Å². The lowest BCUT2D eigenvalue weighted by Gasteiger charge is -2.16. The van der Waals surface area contributed by atoms with Gasteiger partial charge in [-0.15, -0.1) is 0 Å². The van der Waals surface area contributed by atoms with Gasteiger partial charge in [-0.05, 0) is 50.0 Å². The summed E-state index contributed by atoms with van der Waals surface area (Å²) in [4.78, 5) is 0. The average Bonchev–Trinajstić information content (AvgIpc) is 2.64. The van der Waals surface area contributed by atoms with Gasteiger partial charge in [0.05, 0.1) is 0 Å². The molecule has 1 rings (SSSR count). The van der Waals surface area contributed by atoms with Gasteiger partial charge in [-0.1, -0.05) is 110 Å². The van der Waals surface area contributed by atoms with Gasteiger partial charge in [0, 0.05) is 0 Å². The Morgan fingerprint density at radius 1 is 0.840 bits per heavy atom. The fourth-order valence-corrected chi connectivity index (χ4v) is 3.03. The standard InChI is InChI=1S/C12H18.C11H22.C2H6/c1-4-5-11(3)12-8-6-10(2)7-9-12;1-5-8-11(9-6-2)10(4)7-3;1-2/h6-9,11H,4-5H2,1-3H3;11H,4-9H2,1-3H3;1-2H3. The van der Waals surface area contributed by atoms with Gasteiger partial charge in [-0.3, -0.25) is 0 Å². The minimum absolute atomic E-state index is 0.718. The number of rotatable bonds is 9. The maximum Gasteiger partial charge on any atom is -0.0190 e. The van der Waals surface area contributed by atoms with Gasteiger partial charge in [0.15, 0.2) is 0 Å². The van der Waals surface area contributed by atoms with Crippen LogP contribution in [0.3, 0.4) is 0 Å². The summed E-state index contributed by atoms with van der Waals surface area (Å²) in [6.07, 6.45) is 8.98. The van der Waals surface area contributed by atoms with Crippen molar-refractivity contribution in [2.45, 2.75) is 106 Å².